The van der Waals surface area contributed by atoms with Gasteiger partial charge < -0.3 is 24.9 Å². The summed E-state index contributed by atoms with van der Waals surface area (Å²) in [5, 5.41) is 20.5. The van der Waals surface area contributed by atoms with Gasteiger partial charge in [-0.05, 0) is 42.5 Å². The van der Waals surface area contributed by atoms with Crippen LogP contribution < -0.4 is 5.32 Å². The second-order valence-corrected chi connectivity index (χ2v) is 10.6. The third kappa shape index (κ3) is 11.1. The Bertz CT molecular complexity index is 937. The van der Waals surface area contributed by atoms with Crippen LogP contribution >= 0.6 is 7.60 Å². The van der Waals surface area contributed by atoms with Crippen molar-refractivity contribution >= 4 is 31.2 Å². The van der Waals surface area contributed by atoms with E-state index in [1.54, 1.807) is 20.8 Å². The smallest absolute Gasteiger partial charge is 0.328 e. The van der Waals surface area contributed by atoms with Crippen molar-refractivity contribution in [3.63, 3.8) is 0 Å². The molecule has 10 nitrogen and oxygen atoms in total. The minimum Gasteiger partial charge on any atom is -0.481 e. The molecule has 1 aromatic rings. The molecule has 0 heterocycles. The molecule has 0 radical (unpaired) electrons. The molecule has 0 saturated heterocycles. The summed E-state index contributed by atoms with van der Waals surface area (Å²) in [4.78, 5) is 57.8. The number of benzene rings is 1. The molecule has 1 aromatic carbocycles. The van der Waals surface area contributed by atoms with Crippen LogP contribution in [-0.2, 0) is 23.5 Å². The summed E-state index contributed by atoms with van der Waals surface area (Å²) >= 11 is 0. The number of carboxylic acid groups (broad SMARTS) is 2. The van der Waals surface area contributed by atoms with Crippen LogP contribution in [0, 0.1) is 23.6 Å². The van der Waals surface area contributed by atoms with Crippen LogP contribution in [0.5, 0.6) is 0 Å². The van der Waals surface area contributed by atoms with Gasteiger partial charge in [0.2, 0.25) is 5.91 Å². The SMILES string of the molecule is CCC(C)C(CC(=O)c1ccc(F)cc1)C(=O)N[C@@H](COP(=O)(O)CC(C)CCC(=O)O)C(=O)O. The van der Waals surface area contributed by atoms with E-state index in [1.807, 2.05) is 0 Å². The van der Waals surface area contributed by atoms with E-state index >= 15 is 0 Å². The predicted molar refractivity (Wildman–Crippen MR) is 125 cm³/mol. The highest BCUT2D eigenvalue weighted by Gasteiger charge is 2.32. The zero-order chi connectivity index (χ0) is 26.8. The Morgan fingerprint density at radius 3 is 2.23 bits per heavy atom. The second kappa shape index (κ2) is 14.1. The number of carboxylic acids is 2. The van der Waals surface area contributed by atoms with Gasteiger partial charge in [-0.2, -0.15) is 0 Å². The average Bonchev–Trinajstić information content (AvgIpc) is 2.77. The van der Waals surface area contributed by atoms with Gasteiger partial charge in [-0.15, -0.1) is 0 Å². The van der Waals surface area contributed by atoms with E-state index in [0.717, 1.165) is 12.1 Å². The van der Waals surface area contributed by atoms with Crippen molar-refractivity contribution in [3.8, 4) is 0 Å². The van der Waals surface area contributed by atoms with Gasteiger partial charge in [-0.25, -0.2) is 9.18 Å². The molecule has 0 aliphatic heterocycles. The molecular formula is C23H33FNO9P. The lowest BCUT2D eigenvalue weighted by molar-refractivity contribution is -0.143. The summed E-state index contributed by atoms with van der Waals surface area (Å²) in [6.45, 7) is 4.31. The average molecular weight is 517 g/mol. The Morgan fingerprint density at radius 1 is 1.11 bits per heavy atom. The number of hydrogen-bond donors (Lipinski definition) is 4. The van der Waals surface area contributed by atoms with Crippen LogP contribution in [0.2, 0.25) is 0 Å². The Labute approximate surface area is 203 Å². The van der Waals surface area contributed by atoms with Crippen LogP contribution in [0.3, 0.4) is 0 Å². The topological polar surface area (TPSA) is 167 Å². The van der Waals surface area contributed by atoms with E-state index in [0.29, 0.717) is 6.42 Å². The molecule has 4 unspecified atom stereocenters. The lowest BCUT2D eigenvalue weighted by atomic mass is 9.85. The number of nitrogens with one attached hydrogen (secondary N) is 1. The summed E-state index contributed by atoms with van der Waals surface area (Å²) in [6.07, 6.45) is -0.145. The molecule has 0 fully saturated rings. The minimum absolute atomic E-state index is 0.140. The zero-order valence-electron chi connectivity index (χ0n) is 20.0. The first-order valence-corrected chi connectivity index (χ1v) is 13.0. The maximum Gasteiger partial charge on any atom is 0.328 e. The third-order valence-corrected chi connectivity index (χ3v) is 7.33. The summed E-state index contributed by atoms with van der Waals surface area (Å²) in [6, 6.07) is 3.20. The van der Waals surface area contributed by atoms with Crippen molar-refractivity contribution in [2.45, 2.75) is 52.5 Å². The number of carbonyl (C=O) groups is 4. The summed E-state index contributed by atoms with van der Waals surface area (Å²) in [5.74, 6) is -5.85. The lowest BCUT2D eigenvalue weighted by Gasteiger charge is -2.25. The first-order chi connectivity index (χ1) is 16.3. The molecule has 35 heavy (non-hydrogen) atoms. The highest BCUT2D eigenvalue weighted by atomic mass is 31.2. The summed E-state index contributed by atoms with van der Waals surface area (Å²) in [5.41, 5.74) is 0.212. The Hall–Kier alpha value is -2.62. The molecule has 0 aliphatic carbocycles. The number of carbonyl (C=O) groups excluding carboxylic acids is 2. The maximum absolute atomic E-state index is 13.1. The van der Waals surface area contributed by atoms with Gasteiger partial charge in [-0.3, -0.25) is 18.9 Å². The van der Waals surface area contributed by atoms with E-state index < -0.39 is 61.5 Å². The predicted octanol–water partition coefficient (Wildman–Crippen LogP) is 3.33. The van der Waals surface area contributed by atoms with Gasteiger partial charge in [0.05, 0.1) is 12.8 Å². The van der Waals surface area contributed by atoms with E-state index in [-0.39, 0.29) is 36.9 Å². The number of hydrogen-bond acceptors (Lipinski definition) is 6. The highest BCUT2D eigenvalue weighted by Crippen LogP contribution is 2.44. The standard InChI is InChI=1S/C23H33FNO9P/c1-4-15(3)18(11-20(26)16-6-8-17(24)9-7-16)22(29)25-19(23(30)31)12-34-35(32,33)13-14(2)5-10-21(27)28/h6-9,14-15,18-19H,4-5,10-13H2,1-3H3,(H,25,29)(H,27,28)(H,30,31)(H,32,33)/t14?,15?,18?,19-/m0/s1. The monoisotopic (exact) mass is 517 g/mol. The van der Waals surface area contributed by atoms with Crippen LogP contribution in [0.25, 0.3) is 0 Å². The number of rotatable bonds is 16. The molecule has 0 bridgehead atoms. The van der Waals surface area contributed by atoms with Gasteiger partial charge >= 0.3 is 19.5 Å². The van der Waals surface area contributed by atoms with Crippen molar-refractivity contribution in [1.82, 2.24) is 5.32 Å². The van der Waals surface area contributed by atoms with Crippen molar-refractivity contribution in [1.29, 1.82) is 0 Å². The van der Waals surface area contributed by atoms with Crippen molar-refractivity contribution in [2.24, 2.45) is 17.8 Å². The Balaban J connectivity index is 2.83. The van der Waals surface area contributed by atoms with Gasteiger partial charge in [0.15, 0.2) is 11.8 Å². The first kappa shape index (κ1) is 30.4. The summed E-state index contributed by atoms with van der Waals surface area (Å²) < 4.78 is 30.4. The molecule has 4 N–H and O–H groups in total. The number of aliphatic carboxylic acids is 2. The van der Waals surface area contributed by atoms with Crippen molar-refractivity contribution in [2.75, 3.05) is 12.8 Å². The minimum atomic E-state index is -4.25. The molecule has 5 atom stereocenters. The maximum atomic E-state index is 13.1. The molecule has 0 spiro atoms. The van der Waals surface area contributed by atoms with Crippen LogP contribution in [0.15, 0.2) is 24.3 Å². The van der Waals surface area contributed by atoms with Crippen molar-refractivity contribution < 1.29 is 47.8 Å². The molecule has 0 aromatic heterocycles. The second-order valence-electron chi connectivity index (χ2n) is 8.68. The molecule has 0 saturated carbocycles. The van der Waals surface area contributed by atoms with E-state index in [2.05, 4.69) is 5.32 Å². The lowest BCUT2D eigenvalue weighted by Crippen LogP contribution is -2.47. The number of halogens is 1. The van der Waals surface area contributed by atoms with Gasteiger partial charge in [0.1, 0.15) is 5.82 Å². The largest absolute Gasteiger partial charge is 0.481 e. The quantitative estimate of drug-likeness (QED) is 0.190. The Morgan fingerprint density at radius 2 is 1.71 bits per heavy atom. The number of amides is 1. The highest BCUT2D eigenvalue weighted by molar-refractivity contribution is 7.52. The molecule has 1 amide bonds. The molecule has 0 aliphatic rings. The Kier molecular flexibility index (Phi) is 12.2. The van der Waals surface area contributed by atoms with Crippen molar-refractivity contribution in [3.05, 3.63) is 35.6 Å². The molecule has 1 rings (SSSR count). The number of ketones is 1. The van der Waals surface area contributed by atoms with Crippen LogP contribution in [0.1, 0.15) is 56.8 Å². The van der Waals surface area contributed by atoms with E-state index in [1.165, 1.54) is 12.1 Å². The fourth-order valence-corrected chi connectivity index (χ4v) is 4.80. The normalized spacial score (nSPS) is 16.4. The van der Waals surface area contributed by atoms with E-state index in [9.17, 15) is 38.1 Å². The van der Waals surface area contributed by atoms with Gasteiger partial charge in [0, 0.05) is 24.3 Å². The van der Waals surface area contributed by atoms with Gasteiger partial charge in [0.25, 0.3) is 0 Å². The summed E-state index contributed by atoms with van der Waals surface area (Å²) in [7, 11) is -4.25. The number of Topliss-reactive ketones (excluding diaryl/α,β-unsaturated/α-hetero) is 1. The fraction of sp³-hybridized carbons (Fsp3) is 0.565. The molecule has 196 valence electrons. The first-order valence-electron chi connectivity index (χ1n) is 11.3. The van der Waals surface area contributed by atoms with E-state index in [4.69, 9.17) is 9.63 Å². The fourth-order valence-electron chi connectivity index (χ4n) is 3.34. The van der Waals surface area contributed by atoms with Gasteiger partial charge in [-0.1, -0.05) is 27.2 Å². The molecular weight excluding hydrogens is 484 g/mol. The van der Waals surface area contributed by atoms with Crippen LogP contribution in [-0.4, -0.2) is 57.5 Å². The van der Waals surface area contributed by atoms with Crippen LogP contribution in [0.4, 0.5) is 4.39 Å². The zero-order valence-corrected chi connectivity index (χ0v) is 20.9. The third-order valence-electron chi connectivity index (χ3n) is 5.69. The molecule has 12 heteroatoms.